The van der Waals surface area contributed by atoms with E-state index in [-0.39, 0.29) is 6.42 Å². The van der Waals surface area contributed by atoms with E-state index in [0.717, 1.165) is 50.8 Å². The smallest absolute Gasteiger partial charge is 0.324 e. The molecule has 0 saturated carbocycles. The maximum atomic E-state index is 15.1. The lowest BCUT2D eigenvalue weighted by molar-refractivity contribution is -0.148. The van der Waals surface area contributed by atoms with Crippen molar-refractivity contribution >= 4 is 5.91 Å². The van der Waals surface area contributed by atoms with Crippen LogP contribution < -0.4 is 14.8 Å². The van der Waals surface area contributed by atoms with Crippen LogP contribution >= 0.6 is 0 Å². The van der Waals surface area contributed by atoms with E-state index in [9.17, 15) is 9.90 Å². The number of carbonyl (C=O) groups is 1. The first-order valence-corrected chi connectivity index (χ1v) is 13.5. The summed E-state index contributed by atoms with van der Waals surface area (Å²) < 4.78 is 41.3. The summed E-state index contributed by atoms with van der Waals surface area (Å²) in [5.41, 5.74) is 3.87. The number of aliphatic hydroxyl groups is 1. The Labute approximate surface area is 216 Å². The van der Waals surface area contributed by atoms with E-state index >= 15 is 8.78 Å². The maximum absolute atomic E-state index is 15.1. The van der Waals surface area contributed by atoms with Crippen LogP contribution in [0.5, 0.6) is 11.5 Å². The number of fused-ring (bicyclic) bond motifs is 2. The molecule has 5 rings (SSSR count). The minimum Gasteiger partial charge on any atom is -0.486 e. The van der Waals surface area contributed by atoms with Crippen LogP contribution in [0.1, 0.15) is 60.5 Å². The van der Waals surface area contributed by atoms with Gasteiger partial charge in [-0.3, -0.25) is 4.79 Å². The molecule has 0 bridgehead atoms. The van der Waals surface area contributed by atoms with E-state index in [1.165, 1.54) is 17.5 Å². The largest absolute Gasteiger partial charge is 0.486 e. The molecule has 0 spiro atoms. The van der Waals surface area contributed by atoms with Crippen LogP contribution in [0.3, 0.4) is 0 Å². The zero-order valence-electron chi connectivity index (χ0n) is 21.2. The molecule has 2 aliphatic heterocycles. The van der Waals surface area contributed by atoms with Gasteiger partial charge in [0.2, 0.25) is 0 Å². The number of nitrogens with zero attached hydrogens (tertiary/aromatic N) is 1. The molecule has 1 amide bonds. The van der Waals surface area contributed by atoms with Gasteiger partial charge in [-0.05, 0) is 92.4 Å². The highest BCUT2D eigenvalue weighted by Gasteiger charge is 2.41. The summed E-state index contributed by atoms with van der Waals surface area (Å²) in [7, 11) is 0. The SMILES string of the molecule is O=C(N[C@H](CN1CCCC1)[C@H](O)c1ccc2c(c1)OCCO2)C(F)(F)CCc1ccc2c(c1)CCCC2. The number of alkyl halides is 2. The number of ether oxygens (including phenoxy) is 2. The van der Waals surface area contributed by atoms with Crippen molar-refractivity contribution in [1.29, 1.82) is 0 Å². The molecule has 1 saturated heterocycles. The molecule has 1 fully saturated rings. The average molecular weight is 515 g/mol. The lowest BCUT2D eigenvalue weighted by atomic mass is 9.89. The fraction of sp³-hybridized carbons (Fsp3) is 0.552. The number of aryl methyl sites for hydroxylation is 3. The van der Waals surface area contributed by atoms with Crippen LogP contribution in [0.2, 0.25) is 0 Å². The van der Waals surface area contributed by atoms with Gasteiger partial charge in [-0.25, -0.2) is 0 Å². The molecular formula is C29H36F2N2O4. The average Bonchev–Trinajstić information content (AvgIpc) is 3.44. The second-order valence-electron chi connectivity index (χ2n) is 10.5. The third-order valence-corrected chi connectivity index (χ3v) is 7.73. The zero-order chi connectivity index (χ0) is 25.8. The molecule has 1 aliphatic carbocycles. The molecule has 37 heavy (non-hydrogen) atoms. The number of carbonyl (C=O) groups excluding carboxylic acids is 1. The van der Waals surface area contributed by atoms with Crippen molar-refractivity contribution in [2.75, 3.05) is 32.8 Å². The maximum Gasteiger partial charge on any atom is 0.324 e. The van der Waals surface area contributed by atoms with E-state index in [0.29, 0.717) is 36.8 Å². The molecule has 200 valence electrons. The Bertz CT molecular complexity index is 1100. The molecule has 0 aromatic heterocycles. The lowest BCUT2D eigenvalue weighted by Crippen LogP contribution is -2.51. The van der Waals surface area contributed by atoms with Crippen LogP contribution in [0.25, 0.3) is 0 Å². The summed E-state index contributed by atoms with van der Waals surface area (Å²) in [5.74, 6) is -3.81. The van der Waals surface area contributed by atoms with E-state index in [1.807, 2.05) is 18.2 Å². The Hall–Kier alpha value is -2.71. The summed E-state index contributed by atoms with van der Waals surface area (Å²) in [4.78, 5) is 14.9. The standard InChI is InChI=1S/C29H36F2N2O4/c30-29(31,12-11-20-7-8-21-5-1-2-6-22(21)17-20)28(35)32-24(19-33-13-3-4-14-33)27(34)23-9-10-25-26(18-23)37-16-15-36-25/h7-10,17-18,24,27,34H,1-6,11-16,19H2,(H,32,35)/t24-,27-/m1/s1. The van der Waals surface area contributed by atoms with Gasteiger partial charge in [-0.1, -0.05) is 24.3 Å². The second-order valence-corrected chi connectivity index (χ2v) is 10.5. The number of aliphatic hydroxyl groups excluding tert-OH is 1. The molecule has 8 heteroatoms. The molecular weight excluding hydrogens is 478 g/mol. The molecule has 2 N–H and O–H groups in total. The highest BCUT2D eigenvalue weighted by molar-refractivity contribution is 5.83. The Morgan fingerprint density at radius 1 is 0.973 bits per heavy atom. The normalized spacial score (nSPS) is 19.2. The quantitative estimate of drug-likeness (QED) is 0.525. The van der Waals surface area contributed by atoms with Crippen molar-refractivity contribution in [2.24, 2.45) is 0 Å². The minimum absolute atomic E-state index is 0.120. The first-order valence-electron chi connectivity index (χ1n) is 13.5. The Kier molecular flexibility index (Phi) is 7.95. The first kappa shape index (κ1) is 25.9. The van der Waals surface area contributed by atoms with Crippen molar-refractivity contribution < 1.29 is 28.2 Å². The number of benzene rings is 2. The van der Waals surface area contributed by atoms with Crippen molar-refractivity contribution in [3.05, 3.63) is 58.7 Å². The monoisotopic (exact) mass is 514 g/mol. The second kappa shape index (κ2) is 11.4. The zero-order valence-corrected chi connectivity index (χ0v) is 21.2. The van der Waals surface area contributed by atoms with Crippen LogP contribution in [-0.4, -0.2) is 60.7 Å². The number of hydrogen-bond acceptors (Lipinski definition) is 5. The van der Waals surface area contributed by atoms with Gasteiger partial charge < -0.3 is 24.8 Å². The van der Waals surface area contributed by atoms with Crippen molar-refractivity contribution in [1.82, 2.24) is 10.2 Å². The van der Waals surface area contributed by atoms with Gasteiger partial charge in [-0.15, -0.1) is 0 Å². The number of rotatable bonds is 9. The van der Waals surface area contributed by atoms with Crippen molar-refractivity contribution in [2.45, 2.75) is 69.4 Å². The number of nitrogens with one attached hydrogen (secondary N) is 1. The molecule has 2 heterocycles. The summed E-state index contributed by atoms with van der Waals surface area (Å²) in [5, 5.41) is 13.7. The minimum atomic E-state index is -3.55. The number of amides is 1. The predicted octanol–water partition coefficient (Wildman–Crippen LogP) is 4.22. The molecule has 3 aliphatic rings. The lowest BCUT2D eigenvalue weighted by Gasteiger charge is -2.30. The van der Waals surface area contributed by atoms with Gasteiger partial charge in [-0.2, -0.15) is 8.78 Å². The molecule has 0 radical (unpaired) electrons. The highest BCUT2D eigenvalue weighted by atomic mass is 19.3. The van der Waals surface area contributed by atoms with E-state index in [1.54, 1.807) is 18.2 Å². The fourth-order valence-electron chi connectivity index (χ4n) is 5.58. The number of halogens is 2. The summed E-state index contributed by atoms with van der Waals surface area (Å²) >= 11 is 0. The van der Waals surface area contributed by atoms with Gasteiger partial charge in [0, 0.05) is 13.0 Å². The van der Waals surface area contributed by atoms with E-state index < -0.39 is 30.4 Å². The molecule has 2 aromatic rings. The Morgan fingerprint density at radius 3 is 2.49 bits per heavy atom. The molecule has 0 unspecified atom stereocenters. The third kappa shape index (κ3) is 6.24. The van der Waals surface area contributed by atoms with Gasteiger partial charge in [0.05, 0.1) is 6.04 Å². The van der Waals surface area contributed by atoms with E-state index in [2.05, 4.69) is 10.2 Å². The van der Waals surface area contributed by atoms with Gasteiger partial charge in [0.15, 0.2) is 11.5 Å². The number of hydrogen-bond donors (Lipinski definition) is 2. The molecule has 6 nitrogen and oxygen atoms in total. The predicted molar refractivity (Wildman–Crippen MR) is 136 cm³/mol. The third-order valence-electron chi connectivity index (χ3n) is 7.73. The van der Waals surface area contributed by atoms with Crippen LogP contribution in [0, 0.1) is 0 Å². The summed E-state index contributed by atoms with van der Waals surface area (Å²) in [6.45, 7) is 2.77. The fourth-order valence-corrected chi connectivity index (χ4v) is 5.58. The first-order chi connectivity index (χ1) is 17.9. The van der Waals surface area contributed by atoms with Gasteiger partial charge >= 0.3 is 5.92 Å². The molecule has 2 atom stereocenters. The van der Waals surface area contributed by atoms with Crippen LogP contribution in [0.15, 0.2) is 36.4 Å². The summed E-state index contributed by atoms with van der Waals surface area (Å²) in [6, 6.07) is 10.1. The van der Waals surface area contributed by atoms with Crippen molar-refractivity contribution in [3.63, 3.8) is 0 Å². The highest BCUT2D eigenvalue weighted by Crippen LogP contribution is 2.34. The van der Waals surface area contributed by atoms with E-state index in [4.69, 9.17) is 9.47 Å². The van der Waals surface area contributed by atoms with Crippen molar-refractivity contribution in [3.8, 4) is 11.5 Å². The Balaban J connectivity index is 1.26. The number of likely N-dealkylation sites (tertiary alicyclic amines) is 1. The van der Waals surface area contributed by atoms with Crippen LogP contribution in [-0.2, 0) is 24.1 Å². The Morgan fingerprint density at radius 2 is 1.70 bits per heavy atom. The van der Waals surface area contributed by atoms with Gasteiger partial charge in [0.25, 0.3) is 5.91 Å². The van der Waals surface area contributed by atoms with Crippen LogP contribution in [0.4, 0.5) is 8.78 Å². The summed E-state index contributed by atoms with van der Waals surface area (Å²) in [6.07, 6.45) is 4.71. The molecule has 2 aromatic carbocycles. The topological polar surface area (TPSA) is 71.0 Å². The van der Waals surface area contributed by atoms with Gasteiger partial charge in [0.1, 0.15) is 19.3 Å².